The Hall–Kier alpha value is -3.13. The van der Waals surface area contributed by atoms with E-state index >= 15 is 0 Å². The first-order chi connectivity index (χ1) is 14.0. The van der Waals surface area contributed by atoms with Crippen molar-refractivity contribution in [1.29, 1.82) is 0 Å². The number of nitrogens with zero attached hydrogens (tertiary/aromatic N) is 6. The minimum Gasteiger partial charge on any atom is -0.497 e. The predicted octanol–water partition coefficient (Wildman–Crippen LogP) is 4.15. The predicted molar refractivity (Wildman–Crippen MR) is 114 cm³/mol. The molecule has 0 aliphatic heterocycles. The highest BCUT2D eigenvalue weighted by atomic mass is 32.2. The number of pyridine rings is 1. The average molecular weight is 404 g/mol. The van der Waals surface area contributed by atoms with Crippen molar-refractivity contribution in [3.8, 4) is 5.75 Å². The van der Waals surface area contributed by atoms with E-state index in [4.69, 9.17) is 4.74 Å². The van der Waals surface area contributed by atoms with Crippen LogP contribution >= 0.6 is 11.8 Å². The molecular formula is C21H20N6OS. The Kier molecular flexibility index (Phi) is 4.16. The number of aromatic nitrogens is 6. The zero-order chi connectivity index (χ0) is 20.1. The molecule has 0 N–H and O–H groups in total. The average Bonchev–Trinajstić information content (AvgIpc) is 3.30. The Balaban J connectivity index is 1.55. The van der Waals surface area contributed by atoms with Gasteiger partial charge in [0.05, 0.1) is 18.3 Å². The van der Waals surface area contributed by atoms with Gasteiger partial charge in [-0.25, -0.2) is 9.97 Å². The number of thioether (sulfide) groups is 1. The lowest BCUT2D eigenvalue weighted by molar-refractivity contribution is 0.415. The standard InChI is InChI=1S/C21H20N6OS/c1-12-7-19-24-25-21(27(19)18-9-16(28-4)5-6-17(12)18)29-11-15-10-26-14(3)8-13(2)22-20(26)23-15/h5-10H,11H2,1-4H3. The van der Waals surface area contributed by atoms with Gasteiger partial charge < -0.3 is 4.74 Å². The van der Waals surface area contributed by atoms with Crippen LogP contribution in [0.5, 0.6) is 5.75 Å². The molecule has 0 radical (unpaired) electrons. The molecule has 7 nitrogen and oxygen atoms in total. The minimum atomic E-state index is 0.683. The van der Waals surface area contributed by atoms with Crippen LogP contribution in [-0.2, 0) is 5.75 Å². The van der Waals surface area contributed by atoms with E-state index in [1.54, 1.807) is 18.9 Å². The number of methoxy groups -OCH3 is 1. The molecule has 0 spiro atoms. The molecule has 0 aliphatic rings. The molecule has 0 amide bonds. The zero-order valence-corrected chi connectivity index (χ0v) is 17.5. The lowest BCUT2D eigenvalue weighted by Gasteiger charge is -2.09. The van der Waals surface area contributed by atoms with Crippen LogP contribution in [0.4, 0.5) is 0 Å². The molecule has 0 unspecified atom stereocenters. The first-order valence-corrected chi connectivity index (χ1v) is 10.3. The molecule has 5 rings (SSSR count). The number of imidazole rings is 1. The monoisotopic (exact) mass is 404 g/mol. The van der Waals surface area contributed by atoms with Gasteiger partial charge in [-0.15, -0.1) is 10.2 Å². The van der Waals surface area contributed by atoms with Crippen molar-refractivity contribution in [3.05, 3.63) is 59.2 Å². The summed E-state index contributed by atoms with van der Waals surface area (Å²) in [6.07, 6.45) is 2.04. The Morgan fingerprint density at radius 1 is 1.03 bits per heavy atom. The van der Waals surface area contributed by atoms with Crippen LogP contribution in [0.2, 0.25) is 0 Å². The van der Waals surface area contributed by atoms with Crippen molar-refractivity contribution in [2.24, 2.45) is 0 Å². The highest BCUT2D eigenvalue weighted by Crippen LogP contribution is 2.29. The van der Waals surface area contributed by atoms with E-state index < -0.39 is 0 Å². The van der Waals surface area contributed by atoms with Gasteiger partial charge in [0.25, 0.3) is 0 Å². The maximum Gasteiger partial charge on any atom is 0.234 e. The highest BCUT2D eigenvalue weighted by Gasteiger charge is 2.14. The molecule has 4 aromatic heterocycles. The second-order valence-corrected chi connectivity index (χ2v) is 8.06. The van der Waals surface area contributed by atoms with E-state index in [9.17, 15) is 0 Å². The van der Waals surface area contributed by atoms with E-state index in [0.717, 1.165) is 55.9 Å². The summed E-state index contributed by atoms with van der Waals surface area (Å²) in [5.41, 5.74) is 6.08. The van der Waals surface area contributed by atoms with Gasteiger partial charge in [-0.3, -0.25) is 8.80 Å². The quantitative estimate of drug-likeness (QED) is 0.419. The molecule has 0 atom stereocenters. The van der Waals surface area contributed by atoms with Gasteiger partial charge in [-0.1, -0.05) is 11.8 Å². The van der Waals surface area contributed by atoms with E-state index in [0.29, 0.717) is 5.75 Å². The van der Waals surface area contributed by atoms with Gasteiger partial charge >= 0.3 is 0 Å². The third kappa shape index (κ3) is 3.00. The fraction of sp³-hybridized carbons (Fsp3) is 0.238. The maximum absolute atomic E-state index is 5.43. The summed E-state index contributed by atoms with van der Waals surface area (Å²) < 4.78 is 9.54. The summed E-state index contributed by atoms with van der Waals surface area (Å²) in [6, 6.07) is 10.2. The van der Waals surface area contributed by atoms with Crippen molar-refractivity contribution >= 4 is 34.1 Å². The van der Waals surface area contributed by atoms with Crippen molar-refractivity contribution in [1.82, 2.24) is 29.0 Å². The number of fused-ring (bicyclic) bond motifs is 4. The molecule has 4 heterocycles. The number of hydrogen-bond donors (Lipinski definition) is 0. The fourth-order valence-corrected chi connectivity index (χ4v) is 4.48. The summed E-state index contributed by atoms with van der Waals surface area (Å²) in [7, 11) is 1.68. The van der Waals surface area contributed by atoms with E-state index in [-0.39, 0.29) is 0 Å². The normalized spacial score (nSPS) is 11.7. The first-order valence-electron chi connectivity index (χ1n) is 9.31. The third-order valence-corrected chi connectivity index (χ3v) is 6.00. The molecule has 1 aromatic carbocycles. The van der Waals surface area contributed by atoms with Crippen molar-refractivity contribution < 1.29 is 4.74 Å². The van der Waals surface area contributed by atoms with Crippen LogP contribution < -0.4 is 4.74 Å². The second-order valence-electron chi connectivity index (χ2n) is 7.12. The minimum absolute atomic E-state index is 0.683. The van der Waals surface area contributed by atoms with Crippen LogP contribution in [0.25, 0.3) is 22.3 Å². The van der Waals surface area contributed by atoms with Crippen LogP contribution in [-0.4, -0.2) is 36.1 Å². The lowest BCUT2D eigenvalue weighted by Crippen LogP contribution is -1.95. The van der Waals surface area contributed by atoms with Gasteiger partial charge in [0.1, 0.15) is 5.75 Å². The topological polar surface area (TPSA) is 69.6 Å². The van der Waals surface area contributed by atoms with Crippen LogP contribution in [0, 0.1) is 20.8 Å². The zero-order valence-electron chi connectivity index (χ0n) is 16.7. The summed E-state index contributed by atoms with van der Waals surface area (Å²) >= 11 is 1.61. The van der Waals surface area contributed by atoms with Crippen molar-refractivity contribution in [2.45, 2.75) is 31.7 Å². The summed E-state index contributed by atoms with van der Waals surface area (Å²) in [5.74, 6) is 2.23. The lowest BCUT2D eigenvalue weighted by atomic mass is 10.1. The number of hydrogen-bond acceptors (Lipinski definition) is 6. The van der Waals surface area contributed by atoms with Crippen LogP contribution in [0.15, 0.2) is 41.7 Å². The number of ether oxygens (including phenoxy) is 1. The molecule has 0 bridgehead atoms. The summed E-state index contributed by atoms with van der Waals surface area (Å²) in [4.78, 5) is 9.19. The summed E-state index contributed by atoms with van der Waals surface area (Å²) in [5, 5.41) is 10.8. The molecule has 0 saturated carbocycles. The second kappa shape index (κ2) is 6.73. The van der Waals surface area contributed by atoms with Gasteiger partial charge in [0.15, 0.2) is 10.8 Å². The maximum atomic E-state index is 5.43. The molecular weight excluding hydrogens is 384 g/mol. The Labute approximate surface area is 171 Å². The van der Waals surface area contributed by atoms with Gasteiger partial charge in [-0.2, -0.15) is 0 Å². The smallest absolute Gasteiger partial charge is 0.234 e. The summed E-state index contributed by atoms with van der Waals surface area (Å²) in [6.45, 7) is 6.14. The highest BCUT2D eigenvalue weighted by molar-refractivity contribution is 7.98. The molecule has 0 saturated heterocycles. The third-order valence-electron chi connectivity index (χ3n) is 5.04. The molecule has 5 aromatic rings. The number of benzene rings is 1. The number of aryl methyl sites for hydroxylation is 3. The van der Waals surface area contributed by atoms with Crippen molar-refractivity contribution in [3.63, 3.8) is 0 Å². The largest absolute Gasteiger partial charge is 0.497 e. The molecule has 0 fully saturated rings. The SMILES string of the molecule is COc1ccc2c(C)cc3nnc(SCc4cn5c(C)cc(C)nc5n4)n3c2c1. The number of rotatable bonds is 4. The molecule has 0 aliphatic carbocycles. The van der Waals surface area contributed by atoms with E-state index in [1.807, 2.05) is 29.7 Å². The van der Waals surface area contributed by atoms with Gasteiger partial charge in [-0.05, 0) is 50.6 Å². The first kappa shape index (κ1) is 17.9. The molecule has 146 valence electrons. The van der Waals surface area contributed by atoms with Gasteiger partial charge in [0.2, 0.25) is 5.78 Å². The molecule has 8 heteroatoms. The van der Waals surface area contributed by atoms with Crippen molar-refractivity contribution in [2.75, 3.05) is 7.11 Å². The fourth-order valence-electron chi connectivity index (χ4n) is 3.65. The van der Waals surface area contributed by atoms with Gasteiger partial charge in [0, 0.05) is 34.8 Å². The van der Waals surface area contributed by atoms with Crippen LogP contribution in [0.3, 0.4) is 0 Å². The van der Waals surface area contributed by atoms with E-state index in [1.165, 1.54) is 0 Å². The Bertz CT molecular complexity index is 1390. The molecule has 29 heavy (non-hydrogen) atoms. The Morgan fingerprint density at radius 3 is 2.72 bits per heavy atom. The van der Waals surface area contributed by atoms with Crippen LogP contribution in [0.1, 0.15) is 22.6 Å². The van der Waals surface area contributed by atoms with E-state index in [2.05, 4.69) is 56.6 Å². The Morgan fingerprint density at radius 2 is 1.90 bits per heavy atom.